The van der Waals surface area contributed by atoms with Gasteiger partial charge in [-0.1, -0.05) is 6.92 Å². The van der Waals surface area contributed by atoms with Gasteiger partial charge in [-0.05, 0) is 32.4 Å². The summed E-state index contributed by atoms with van der Waals surface area (Å²) in [6.07, 6.45) is 3.73. The highest BCUT2D eigenvalue weighted by Crippen LogP contribution is 2.23. The van der Waals surface area contributed by atoms with Crippen LogP contribution in [-0.2, 0) is 9.53 Å². The van der Waals surface area contributed by atoms with E-state index in [4.69, 9.17) is 4.74 Å². The quantitative estimate of drug-likeness (QED) is 0.616. The Morgan fingerprint density at radius 2 is 2.23 bits per heavy atom. The molecule has 1 rings (SSSR count). The average molecular weight is 185 g/mol. The summed E-state index contributed by atoms with van der Waals surface area (Å²) in [6, 6.07) is 0. The fourth-order valence-corrected chi connectivity index (χ4v) is 1.87. The fraction of sp³-hybridized carbons (Fsp3) is 0.900. The summed E-state index contributed by atoms with van der Waals surface area (Å²) in [5, 5.41) is 0. The number of carbonyl (C=O) groups excluding carboxylic acids is 1. The van der Waals surface area contributed by atoms with Gasteiger partial charge in [-0.3, -0.25) is 0 Å². The van der Waals surface area contributed by atoms with E-state index < -0.39 is 5.60 Å². The van der Waals surface area contributed by atoms with Crippen molar-refractivity contribution in [2.45, 2.75) is 31.8 Å². The van der Waals surface area contributed by atoms with Gasteiger partial charge < -0.3 is 14.4 Å². The minimum atomic E-state index is -0.496. The van der Waals surface area contributed by atoms with Crippen LogP contribution in [0.3, 0.4) is 0 Å². The van der Waals surface area contributed by atoms with Gasteiger partial charge in [-0.15, -0.1) is 0 Å². The van der Waals surface area contributed by atoms with E-state index in [2.05, 4.69) is 11.8 Å². The number of carbonyl (C=O) groups is 1. The summed E-state index contributed by atoms with van der Waals surface area (Å²) < 4.78 is 5.31. The van der Waals surface area contributed by atoms with E-state index in [0.717, 1.165) is 45.2 Å². The molecule has 0 saturated carbocycles. The van der Waals surface area contributed by atoms with Gasteiger partial charge in [0.05, 0.1) is 0 Å². The van der Waals surface area contributed by atoms with Crippen LogP contribution in [0.2, 0.25) is 0 Å². The Bertz CT molecular complexity index is 172. The zero-order valence-electron chi connectivity index (χ0n) is 8.58. The molecule has 1 aliphatic heterocycles. The largest absolute Gasteiger partial charge is 0.371 e. The Morgan fingerprint density at radius 1 is 1.46 bits per heavy atom. The molecule has 0 radical (unpaired) electrons. The van der Waals surface area contributed by atoms with Crippen LogP contribution in [0.25, 0.3) is 0 Å². The van der Waals surface area contributed by atoms with Crippen molar-refractivity contribution in [2.75, 3.05) is 26.7 Å². The van der Waals surface area contributed by atoms with E-state index in [1.807, 2.05) is 0 Å². The fourth-order valence-electron chi connectivity index (χ4n) is 1.87. The normalized spacial score (nSPS) is 31.2. The van der Waals surface area contributed by atoms with Gasteiger partial charge in [0.1, 0.15) is 5.60 Å². The van der Waals surface area contributed by atoms with Gasteiger partial charge in [-0.25, -0.2) is 0 Å². The molecule has 76 valence electrons. The lowest BCUT2D eigenvalue weighted by molar-refractivity contribution is -0.128. The van der Waals surface area contributed by atoms with Crippen LogP contribution in [-0.4, -0.2) is 43.5 Å². The van der Waals surface area contributed by atoms with Crippen molar-refractivity contribution < 1.29 is 9.53 Å². The van der Waals surface area contributed by atoms with E-state index in [-0.39, 0.29) is 0 Å². The summed E-state index contributed by atoms with van der Waals surface area (Å²) in [7, 11) is 1.63. The van der Waals surface area contributed by atoms with E-state index in [0.29, 0.717) is 0 Å². The molecule has 1 unspecified atom stereocenters. The van der Waals surface area contributed by atoms with E-state index >= 15 is 0 Å². The molecule has 1 saturated heterocycles. The second-order valence-corrected chi connectivity index (χ2v) is 3.67. The SMILES string of the molecule is CCN1CCCC(C=O)(OC)CC1. The molecule has 0 aromatic rings. The number of methoxy groups -OCH3 is 1. The Balaban J connectivity index is 2.56. The Morgan fingerprint density at radius 3 is 2.77 bits per heavy atom. The summed E-state index contributed by atoms with van der Waals surface area (Å²) in [5.41, 5.74) is -0.496. The molecule has 3 nitrogen and oxygen atoms in total. The van der Waals surface area contributed by atoms with Crippen LogP contribution in [0.5, 0.6) is 0 Å². The van der Waals surface area contributed by atoms with Crippen molar-refractivity contribution in [1.82, 2.24) is 4.90 Å². The Kier molecular flexibility index (Phi) is 3.88. The van der Waals surface area contributed by atoms with Crippen molar-refractivity contribution in [1.29, 1.82) is 0 Å². The molecule has 1 heterocycles. The first-order chi connectivity index (χ1) is 6.26. The van der Waals surface area contributed by atoms with Gasteiger partial charge in [0, 0.05) is 13.7 Å². The molecule has 0 amide bonds. The predicted molar refractivity (Wildman–Crippen MR) is 51.8 cm³/mol. The summed E-state index contributed by atoms with van der Waals surface area (Å²) in [6.45, 7) is 5.29. The number of ether oxygens (including phenoxy) is 1. The number of aldehydes is 1. The van der Waals surface area contributed by atoms with E-state index in [1.165, 1.54) is 0 Å². The summed E-state index contributed by atoms with van der Waals surface area (Å²) in [4.78, 5) is 13.3. The van der Waals surface area contributed by atoms with Crippen molar-refractivity contribution in [3.8, 4) is 0 Å². The maximum Gasteiger partial charge on any atom is 0.151 e. The molecule has 0 spiro atoms. The highest BCUT2D eigenvalue weighted by Gasteiger charge is 2.31. The van der Waals surface area contributed by atoms with Crippen LogP contribution in [0.15, 0.2) is 0 Å². The minimum Gasteiger partial charge on any atom is -0.371 e. The van der Waals surface area contributed by atoms with Gasteiger partial charge in [0.2, 0.25) is 0 Å². The number of likely N-dealkylation sites (tertiary alicyclic amines) is 1. The first kappa shape index (κ1) is 10.7. The minimum absolute atomic E-state index is 0.496. The monoisotopic (exact) mass is 185 g/mol. The average Bonchev–Trinajstić information content (AvgIpc) is 2.40. The second-order valence-electron chi connectivity index (χ2n) is 3.67. The molecule has 0 aromatic carbocycles. The number of rotatable bonds is 3. The molecular weight excluding hydrogens is 166 g/mol. The molecular formula is C10H19NO2. The lowest BCUT2D eigenvalue weighted by Crippen LogP contribution is -2.34. The first-order valence-electron chi connectivity index (χ1n) is 5.00. The van der Waals surface area contributed by atoms with Gasteiger partial charge in [0.15, 0.2) is 6.29 Å². The number of hydrogen-bond acceptors (Lipinski definition) is 3. The maximum absolute atomic E-state index is 10.9. The highest BCUT2D eigenvalue weighted by molar-refractivity contribution is 5.62. The standard InChI is InChI=1S/C10H19NO2/c1-3-11-7-4-5-10(9-12,13-2)6-8-11/h9H,3-8H2,1-2H3. The number of hydrogen-bond donors (Lipinski definition) is 0. The molecule has 0 aromatic heterocycles. The summed E-state index contributed by atoms with van der Waals surface area (Å²) >= 11 is 0. The Labute approximate surface area is 80.1 Å². The maximum atomic E-state index is 10.9. The molecule has 1 aliphatic rings. The highest BCUT2D eigenvalue weighted by atomic mass is 16.5. The molecule has 3 heteroatoms. The van der Waals surface area contributed by atoms with Crippen molar-refractivity contribution >= 4 is 6.29 Å². The molecule has 0 aliphatic carbocycles. The van der Waals surface area contributed by atoms with Gasteiger partial charge in [0.25, 0.3) is 0 Å². The third kappa shape index (κ3) is 2.51. The molecule has 1 atom stereocenters. The molecule has 0 bridgehead atoms. The zero-order chi connectivity index (χ0) is 9.73. The molecule has 13 heavy (non-hydrogen) atoms. The van der Waals surface area contributed by atoms with Gasteiger partial charge in [-0.2, -0.15) is 0 Å². The second kappa shape index (κ2) is 4.72. The first-order valence-corrected chi connectivity index (χ1v) is 5.00. The third-order valence-corrected chi connectivity index (χ3v) is 2.99. The van der Waals surface area contributed by atoms with Crippen molar-refractivity contribution in [3.63, 3.8) is 0 Å². The van der Waals surface area contributed by atoms with Crippen LogP contribution in [0.4, 0.5) is 0 Å². The van der Waals surface area contributed by atoms with Crippen molar-refractivity contribution in [3.05, 3.63) is 0 Å². The smallest absolute Gasteiger partial charge is 0.151 e. The van der Waals surface area contributed by atoms with Gasteiger partial charge >= 0.3 is 0 Å². The topological polar surface area (TPSA) is 29.5 Å². The summed E-state index contributed by atoms with van der Waals surface area (Å²) in [5.74, 6) is 0. The molecule has 1 fully saturated rings. The lowest BCUT2D eigenvalue weighted by atomic mass is 9.97. The van der Waals surface area contributed by atoms with E-state index in [9.17, 15) is 4.79 Å². The van der Waals surface area contributed by atoms with Crippen LogP contribution < -0.4 is 0 Å². The van der Waals surface area contributed by atoms with Crippen LogP contribution >= 0.6 is 0 Å². The van der Waals surface area contributed by atoms with Crippen molar-refractivity contribution in [2.24, 2.45) is 0 Å². The van der Waals surface area contributed by atoms with Crippen LogP contribution in [0, 0.1) is 0 Å². The van der Waals surface area contributed by atoms with Crippen LogP contribution in [0.1, 0.15) is 26.2 Å². The predicted octanol–water partition coefficient (Wildman–Crippen LogP) is 1.08. The Hall–Kier alpha value is -0.410. The van der Waals surface area contributed by atoms with E-state index in [1.54, 1.807) is 7.11 Å². The third-order valence-electron chi connectivity index (χ3n) is 2.99. The lowest BCUT2D eigenvalue weighted by Gasteiger charge is -2.24. The molecule has 0 N–H and O–H groups in total. The number of nitrogens with zero attached hydrogens (tertiary/aromatic N) is 1. The zero-order valence-corrected chi connectivity index (χ0v) is 8.58.